The van der Waals surface area contributed by atoms with Crippen LogP contribution in [0, 0.1) is 0 Å². The van der Waals surface area contributed by atoms with Crippen LogP contribution in [0.2, 0.25) is 0 Å². The molecular formula is C12H19N7O. The van der Waals surface area contributed by atoms with Crippen molar-refractivity contribution in [2.45, 2.75) is 25.9 Å². The average Bonchev–Trinajstić information content (AvgIpc) is 2.99. The monoisotopic (exact) mass is 277 g/mol. The van der Waals surface area contributed by atoms with Crippen molar-refractivity contribution in [3.63, 3.8) is 0 Å². The Labute approximate surface area is 117 Å². The van der Waals surface area contributed by atoms with E-state index in [4.69, 9.17) is 0 Å². The highest BCUT2D eigenvalue weighted by molar-refractivity contribution is 5.37. The molecule has 0 spiro atoms. The lowest BCUT2D eigenvalue weighted by Gasteiger charge is -2.21. The van der Waals surface area contributed by atoms with Gasteiger partial charge in [0.1, 0.15) is 6.33 Å². The maximum absolute atomic E-state index is 10.00. The van der Waals surface area contributed by atoms with E-state index in [1.165, 1.54) is 0 Å². The van der Waals surface area contributed by atoms with Crippen LogP contribution in [0.15, 0.2) is 18.7 Å². The molecule has 2 heterocycles. The Hall–Kier alpha value is -2.22. The first-order valence-corrected chi connectivity index (χ1v) is 6.42. The van der Waals surface area contributed by atoms with Crippen molar-refractivity contribution in [2.24, 2.45) is 0 Å². The number of hydrogen-bond donors (Lipinski definition) is 3. The normalized spacial score (nSPS) is 13.8. The summed E-state index contributed by atoms with van der Waals surface area (Å²) >= 11 is 0. The Balaban J connectivity index is 2.23. The van der Waals surface area contributed by atoms with E-state index in [-0.39, 0.29) is 0 Å². The third-order valence-corrected chi connectivity index (χ3v) is 2.97. The van der Waals surface area contributed by atoms with Gasteiger partial charge < -0.3 is 15.7 Å². The minimum Gasteiger partial charge on any atom is -0.388 e. The van der Waals surface area contributed by atoms with Crippen molar-refractivity contribution in [3.8, 4) is 5.95 Å². The molecule has 3 N–H and O–H groups in total. The Bertz CT molecular complexity index is 553. The molecule has 0 saturated carbocycles. The third kappa shape index (κ3) is 3.41. The van der Waals surface area contributed by atoms with Gasteiger partial charge in [-0.2, -0.15) is 15.0 Å². The Kier molecular flexibility index (Phi) is 4.14. The zero-order valence-corrected chi connectivity index (χ0v) is 11.8. The average molecular weight is 277 g/mol. The molecule has 0 bridgehead atoms. The van der Waals surface area contributed by atoms with Gasteiger partial charge in [0.25, 0.3) is 0 Å². The van der Waals surface area contributed by atoms with E-state index in [9.17, 15) is 5.11 Å². The highest BCUT2D eigenvalue weighted by Crippen LogP contribution is 2.12. The molecule has 108 valence electrons. The summed E-state index contributed by atoms with van der Waals surface area (Å²) in [6, 6.07) is 0. The lowest BCUT2D eigenvalue weighted by atomic mass is 10.0. The van der Waals surface area contributed by atoms with E-state index in [2.05, 4.69) is 30.6 Å². The van der Waals surface area contributed by atoms with Gasteiger partial charge in [0.2, 0.25) is 17.8 Å². The van der Waals surface area contributed by atoms with E-state index >= 15 is 0 Å². The highest BCUT2D eigenvalue weighted by Gasteiger charge is 2.18. The van der Waals surface area contributed by atoms with Crippen molar-refractivity contribution in [1.29, 1.82) is 0 Å². The van der Waals surface area contributed by atoms with E-state index in [0.29, 0.717) is 30.8 Å². The van der Waals surface area contributed by atoms with E-state index < -0.39 is 5.60 Å². The zero-order chi connectivity index (χ0) is 14.6. The molecule has 0 saturated heterocycles. The van der Waals surface area contributed by atoms with E-state index in [1.807, 2.05) is 6.92 Å². The van der Waals surface area contributed by atoms with Gasteiger partial charge in [0, 0.05) is 26.0 Å². The van der Waals surface area contributed by atoms with Gasteiger partial charge in [-0.3, -0.25) is 4.57 Å². The van der Waals surface area contributed by atoms with Gasteiger partial charge >= 0.3 is 0 Å². The van der Waals surface area contributed by atoms with Crippen molar-refractivity contribution < 1.29 is 5.11 Å². The lowest BCUT2D eigenvalue weighted by Crippen LogP contribution is -2.33. The fourth-order valence-corrected chi connectivity index (χ4v) is 1.44. The van der Waals surface area contributed by atoms with Crippen molar-refractivity contribution in [3.05, 3.63) is 18.7 Å². The molecular weight excluding hydrogens is 258 g/mol. The second-order valence-electron chi connectivity index (χ2n) is 4.71. The predicted molar refractivity (Wildman–Crippen MR) is 75.9 cm³/mol. The topological polar surface area (TPSA) is 101 Å². The summed E-state index contributed by atoms with van der Waals surface area (Å²) in [7, 11) is 1.74. The molecule has 2 aromatic heterocycles. The van der Waals surface area contributed by atoms with Crippen LogP contribution in [0.4, 0.5) is 11.9 Å². The molecule has 2 rings (SSSR count). The quantitative estimate of drug-likeness (QED) is 0.713. The van der Waals surface area contributed by atoms with Gasteiger partial charge in [0.15, 0.2) is 0 Å². The van der Waals surface area contributed by atoms with Crippen LogP contribution >= 0.6 is 0 Å². The molecule has 1 atom stereocenters. The predicted octanol–water partition coefficient (Wildman–Crippen LogP) is 0.672. The molecule has 0 aliphatic heterocycles. The van der Waals surface area contributed by atoms with E-state index in [1.54, 1.807) is 37.3 Å². The summed E-state index contributed by atoms with van der Waals surface area (Å²) in [4.78, 5) is 16.7. The van der Waals surface area contributed by atoms with Crippen molar-refractivity contribution >= 4 is 11.9 Å². The summed E-state index contributed by atoms with van der Waals surface area (Å²) in [5.41, 5.74) is -0.804. The molecule has 0 amide bonds. The van der Waals surface area contributed by atoms with Crippen LogP contribution in [-0.4, -0.2) is 48.8 Å². The van der Waals surface area contributed by atoms with Crippen LogP contribution in [0.1, 0.15) is 20.3 Å². The molecule has 0 aromatic carbocycles. The number of aromatic nitrogens is 5. The summed E-state index contributed by atoms with van der Waals surface area (Å²) in [5, 5.41) is 15.9. The van der Waals surface area contributed by atoms with Gasteiger partial charge in [-0.25, -0.2) is 4.98 Å². The molecule has 0 fully saturated rings. The van der Waals surface area contributed by atoms with Gasteiger partial charge in [-0.1, -0.05) is 6.92 Å². The molecule has 1 unspecified atom stereocenters. The largest absolute Gasteiger partial charge is 0.388 e. The van der Waals surface area contributed by atoms with Crippen molar-refractivity contribution in [1.82, 2.24) is 24.5 Å². The second kappa shape index (κ2) is 5.83. The minimum absolute atomic E-state index is 0.361. The number of nitrogens with zero attached hydrogens (tertiary/aromatic N) is 5. The number of anilines is 2. The third-order valence-electron chi connectivity index (χ3n) is 2.97. The summed E-state index contributed by atoms with van der Waals surface area (Å²) in [5.74, 6) is 1.31. The fraction of sp³-hybridized carbons (Fsp3) is 0.500. The van der Waals surface area contributed by atoms with Gasteiger partial charge in [0.05, 0.1) is 5.60 Å². The Morgan fingerprint density at radius 1 is 1.30 bits per heavy atom. The molecule has 2 aromatic rings. The number of imidazole rings is 1. The zero-order valence-electron chi connectivity index (χ0n) is 11.8. The highest BCUT2D eigenvalue weighted by atomic mass is 16.3. The second-order valence-corrected chi connectivity index (χ2v) is 4.71. The van der Waals surface area contributed by atoms with Crippen LogP contribution < -0.4 is 10.6 Å². The summed E-state index contributed by atoms with van der Waals surface area (Å²) in [6.45, 7) is 4.04. The van der Waals surface area contributed by atoms with Crippen LogP contribution in [0.25, 0.3) is 5.95 Å². The number of aliphatic hydroxyl groups is 1. The Morgan fingerprint density at radius 3 is 2.65 bits per heavy atom. The molecule has 8 nitrogen and oxygen atoms in total. The first kappa shape index (κ1) is 14.2. The standard InChI is InChI=1S/C12H19N7O/c1-4-12(2,20)7-15-10-16-9(13-3)17-11(18-10)19-6-5-14-8-19/h5-6,8,20H,4,7H2,1-3H3,(H2,13,15,16,17,18). The van der Waals surface area contributed by atoms with Crippen LogP contribution in [0.3, 0.4) is 0 Å². The van der Waals surface area contributed by atoms with Crippen LogP contribution in [-0.2, 0) is 0 Å². The fourth-order valence-electron chi connectivity index (χ4n) is 1.44. The van der Waals surface area contributed by atoms with Gasteiger partial charge in [-0.15, -0.1) is 0 Å². The SMILES string of the molecule is CCC(C)(O)CNc1nc(NC)nc(-n2ccnc2)n1. The molecule has 0 radical (unpaired) electrons. The minimum atomic E-state index is -0.804. The number of nitrogens with one attached hydrogen (secondary N) is 2. The van der Waals surface area contributed by atoms with Crippen molar-refractivity contribution in [2.75, 3.05) is 24.2 Å². The Morgan fingerprint density at radius 2 is 2.05 bits per heavy atom. The van der Waals surface area contributed by atoms with E-state index in [0.717, 1.165) is 0 Å². The summed E-state index contributed by atoms with van der Waals surface area (Å²) < 4.78 is 1.69. The maximum atomic E-state index is 10.00. The first-order valence-electron chi connectivity index (χ1n) is 6.42. The molecule has 0 aliphatic carbocycles. The van der Waals surface area contributed by atoms with Crippen LogP contribution in [0.5, 0.6) is 0 Å². The molecule has 20 heavy (non-hydrogen) atoms. The molecule has 0 aliphatic rings. The summed E-state index contributed by atoms with van der Waals surface area (Å²) in [6.07, 6.45) is 5.65. The maximum Gasteiger partial charge on any atom is 0.241 e. The van der Waals surface area contributed by atoms with Gasteiger partial charge in [-0.05, 0) is 13.3 Å². The smallest absolute Gasteiger partial charge is 0.241 e. The number of rotatable bonds is 6. The first-order chi connectivity index (χ1) is 9.54. The lowest BCUT2D eigenvalue weighted by molar-refractivity contribution is 0.0695. The number of hydrogen-bond acceptors (Lipinski definition) is 7. The molecule has 8 heteroatoms.